The number of carbonyl (C=O) groups is 2. The van der Waals surface area contributed by atoms with Crippen LogP contribution in [0.2, 0.25) is 0 Å². The van der Waals surface area contributed by atoms with Crippen molar-refractivity contribution in [1.82, 2.24) is 9.80 Å². The molecule has 2 aromatic rings. The van der Waals surface area contributed by atoms with E-state index >= 15 is 0 Å². The normalized spacial score (nSPS) is 17.4. The molecule has 0 radical (unpaired) electrons. The Morgan fingerprint density at radius 2 is 1.52 bits per heavy atom. The van der Waals surface area contributed by atoms with Crippen molar-refractivity contribution in [3.05, 3.63) is 77.2 Å². The molecular weight excluding hydrogens is 343 g/mol. The van der Waals surface area contributed by atoms with Crippen molar-refractivity contribution >= 4 is 17.4 Å². The fourth-order valence-corrected chi connectivity index (χ4v) is 3.76. The Morgan fingerprint density at radius 3 is 2.19 bits per heavy atom. The van der Waals surface area contributed by atoms with E-state index in [9.17, 15) is 14.0 Å². The fraction of sp³-hybridized carbons (Fsp3) is 0.273. The molecule has 2 aliphatic heterocycles. The lowest BCUT2D eigenvalue weighted by atomic mass is 10.0. The number of imide groups is 1. The van der Waals surface area contributed by atoms with Gasteiger partial charge in [0.2, 0.25) is 0 Å². The highest BCUT2D eigenvalue weighted by molar-refractivity contribution is 6.35. The van der Waals surface area contributed by atoms with Gasteiger partial charge in [0.05, 0.1) is 5.57 Å². The van der Waals surface area contributed by atoms with Crippen LogP contribution in [-0.2, 0) is 16.0 Å². The fourth-order valence-electron chi connectivity index (χ4n) is 3.76. The Balaban J connectivity index is 1.65. The molecule has 0 aromatic heterocycles. The van der Waals surface area contributed by atoms with E-state index in [2.05, 4.69) is 0 Å². The van der Waals surface area contributed by atoms with Crippen LogP contribution in [0.5, 0.6) is 0 Å². The van der Waals surface area contributed by atoms with Crippen molar-refractivity contribution in [1.29, 1.82) is 0 Å². The molecule has 2 aliphatic rings. The highest BCUT2D eigenvalue weighted by Gasteiger charge is 2.41. The zero-order chi connectivity index (χ0) is 18.8. The second kappa shape index (κ2) is 7.35. The van der Waals surface area contributed by atoms with Crippen LogP contribution in [0, 0.1) is 5.82 Å². The molecule has 4 rings (SSSR count). The molecule has 2 amide bonds. The molecule has 0 atom stereocenters. The Bertz CT molecular complexity index is 884. The van der Waals surface area contributed by atoms with E-state index in [1.54, 1.807) is 12.1 Å². The lowest BCUT2D eigenvalue weighted by Crippen LogP contribution is -2.36. The van der Waals surface area contributed by atoms with Gasteiger partial charge in [-0.1, -0.05) is 42.5 Å². The van der Waals surface area contributed by atoms with Gasteiger partial charge in [0.25, 0.3) is 11.8 Å². The zero-order valence-corrected chi connectivity index (χ0v) is 15.0. The number of nitrogens with zero attached hydrogens (tertiary/aromatic N) is 2. The molecule has 2 aromatic carbocycles. The SMILES string of the molecule is O=C1C(c2ccc(F)cc2)=C(N2CCCC2)C(=O)N1CCc1ccccc1. The van der Waals surface area contributed by atoms with Gasteiger partial charge in [-0.15, -0.1) is 0 Å². The van der Waals surface area contributed by atoms with E-state index in [4.69, 9.17) is 0 Å². The summed E-state index contributed by atoms with van der Waals surface area (Å²) in [5.41, 5.74) is 2.54. The van der Waals surface area contributed by atoms with Crippen LogP contribution in [0.25, 0.3) is 5.57 Å². The molecule has 1 saturated heterocycles. The Kier molecular flexibility index (Phi) is 4.75. The number of hydrogen-bond acceptors (Lipinski definition) is 3. The highest BCUT2D eigenvalue weighted by Crippen LogP contribution is 2.33. The maximum Gasteiger partial charge on any atom is 0.277 e. The third kappa shape index (κ3) is 3.37. The molecule has 0 spiro atoms. The number of benzene rings is 2. The summed E-state index contributed by atoms with van der Waals surface area (Å²) in [4.78, 5) is 29.6. The lowest BCUT2D eigenvalue weighted by molar-refractivity contribution is -0.137. The second-order valence-electron chi connectivity index (χ2n) is 6.92. The standard InChI is InChI=1S/C22H21FN2O2/c23-18-10-8-17(9-11-18)19-20(24-13-4-5-14-24)22(27)25(21(19)26)15-12-16-6-2-1-3-7-16/h1-3,6-11H,4-5,12-15H2. The minimum absolute atomic E-state index is 0.239. The van der Waals surface area contributed by atoms with Gasteiger partial charge in [0.1, 0.15) is 11.5 Å². The smallest absolute Gasteiger partial charge is 0.277 e. The number of carbonyl (C=O) groups excluding carboxylic acids is 2. The first kappa shape index (κ1) is 17.5. The van der Waals surface area contributed by atoms with Crippen LogP contribution < -0.4 is 0 Å². The van der Waals surface area contributed by atoms with E-state index in [-0.39, 0.29) is 17.6 Å². The molecule has 0 aliphatic carbocycles. The van der Waals surface area contributed by atoms with Gasteiger partial charge >= 0.3 is 0 Å². The van der Waals surface area contributed by atoms with Gasteiger partial charge in [-0.3, -0.25) is 14.5 Å². The minimum atomic E-state index is -0.361. The van der Waals surface area contributed by atoms with E-state index < -0.39 is 0 Å². The average molecular weight is 364 g/mol. The molecule has 4 nitrogen and oxygen atoms in total. The van der Waals surface area contributed by atoms with Crippen LogP contribution in [0.4, 0.5) is 4.39 Å². The van der Waals surface area contributed by atoms with Crippen LogP contribution in [-0.4, -0.2) is 41.2 Å². The first-order valence-electron chi connectivity index (χ1n) is 9.30. The lowest BCUT2D eigenvalue weighted by Gasteiger charge is -2.20. The molecule has 0 saturated carbocycles. The Morgan fingerprint density at radius 1 is 0.852 bits per heavy atom. The van der Waals surface area contributed by atoms with Crippen molar-refractivity contribution in [2.45, 2.75) is 19.3 Å². The van der Waals surface area contributed by atoms with E-state index in [1.165, 1.54) is 17.0 Å². The number of halogens is 1. The largest absolute Gasteiger partial charge is 0.366 e. The van der Waals surface area contributed by atoms with Crippen molar-refractivity contribution in [3.8, 4) is 0 Å². The summed E-state index contributed by atoms with van der Waals surface area (Å²) in [5.74, 6) is -0.888. The second-order valence-corrected chi connectivity index (χ2v) is 6.92. The van der Waals surface area contributed by atoms with Gasteiger partial charge in [-0.2, -0.15) is 0 Å². The van der Waals surface area contributed by atoms with Crippen LogP contribution in [0.15, 0.2) is 60.3 Å². The van der Waals surface area contributed by atoms with Gasteiger partial charge in [0.15, 0.2) is 0 Å². The van der Waals surface area contributed by atoms with E-state index in [0.717, 1.165) is 31.5 Å². The summed E-state index contributed by atoms with van der Waals surface area (Å²) in [7, 11) is 0. The zero-order valence-electron chi connectivity index (χ0n) is 15.0. The monoisotopic (exact) mass is 364 g/mol. The van der Waals surface area contributed by atoms with Crippen molar-refractivity contribution < 1.29 is 14.0 Å². The summed E-state index contributed by atoms with van der Waals surface area (Å²) < 4.78 is 13.3. The van der Waals surface area contributed by atoms with E-state index in [0.29, 0.717) is 29.8 Å². The third-order valence-corrected chi connectivity index (χ3v) is 5.17. The molecule has 0 bridgehead atoms. The maximum absolute atomic E-state index is 13.3. The summed E-state index contributed by atoms with van der Waals surface area (Å²) in [6.07, 6.45) is 2.62. The topological polar surface area (TPSA) is 40.6 Å². The summed E-state index contributed by atoms with van der Waals surface area (Å²) >= 11 is 0. The summed E-state index contributed by atoms with van der Waals surface area (Å²) in [6.45, 7) is 1.88. The Hall–Kier alpha value is -2.95. The number of rotatable bonds is 5. The molecule has 138 valence electrons. The molecule has 5 heteroatoms. The predicted molar refractivity (Wildman–Crippen MR) is 101 cm³/mol. The first-order chi connectivity index (χ1) is 13.1. The van der Waals surface area contributed by atoms with Gasteiger partial charge in [-0.25, -0.2) is 4.39 Å². The third-order valence-electron chi connectivity index (χ3n) is 5.17. The van der Waals surface area contributed by atoms with Crippen LogP contribution >= 0.6 is 0 Å². The molecular formula is C22H21FN2O2. The molecule has 1 fully saturated rings. The average Bonchev–Trinajstić information content (AvgIpc) is 3.29. The van der Waals surface area contributed by atoms with Crippen LogP contribution in [0.1, 0.15) is 24.0 Å². The highest BCUT2D eigenvalue weighted by atomic mass is 19.1. The van der Waals surface area contributed by atoms with Crippen molar-refractivity contribution in [2.75, 3.05) is 19.6 Å². The molecule has 0 N–H and O–H groups in total. The number of amides is 2. The van der Waals surface area contributed by atoms with E-state index in [1.807, 2.05) is 35.2 Å². The molecule has 0 unspecified atom stereocenters. The quantitative estimate of drug-likeness (QED) is 0.765. The van der Waals surface area contributed by atoms with Gasteiger partial charge < -0.3 is 4.90 Å². The summed E-state index contributed by atoms with van der Waals surface area (Å²) in [5, 5.41) is 0. The maximum atomic E-state index is 13.3. The predicted octanol–water partition coefficient (Wildman–Crippen LogP) is 3.24. The molecule has 27 heavy (non-hydrogen) atoms. The number of likely N-dealkylation sites (tertiary alicyclic amines) is 1. The van der Waals surface area contributed by atoms with Crippen molar-refractivity contribution in [3.63, 3.8) is 0 Å². The van der Waals surface area contributed by atoms with Crippen LogP contribution in [0.3, 0.4) is 0 Å². The molecule has 2 heterocycles. The first-order valence-corrected chi connectivity index (χ1v) is 9.30. The minimum Gasteiger partial charge on any atom is -0.366 e. The van der Waals surface area contributed by atoms with Gasteiger partial charge in [-0.05, 0) is 42.5 Å². The summed E-state index contributed by atoms with van der Waals surface area (Å²) in [6, 6.07) is 15.6. The van der Waals surface area contributed by atoms with Gasteiger partial charge in [0, 0.05) is 19.6 Å². The van der Waals surface area contributed by atoms with Crippen molar-refractivity contribution in [2.24, 2.45) is 0 Å². The Labute approximate surface area is 157 Å². The number of hydrogen-bond donors (Lipinski definition) is 0.